The molecule has 0 aromatic rings. The standard InChI is InChI=1S/C70H136O17P2/c1-8-9-10-11-12-30-37-44-51-67(72)80-57-66(87-70(75)54-47-40-33-26-29-36-43-50-63(6)7)60-85-89(78,79)83-56-64(71)55-82-88(76,77)84-59-65(58-81-68(73)52-45-38-31-24-20-17-16-19-23-28-35-42-49-62(4)5)86-69(74)53-46-39-32-25-21-15-13-14-18-22-27-34-41-48-61(2)3/h61-66,71H,8-60H2,1-7H3,(H,76,77)(H,78,79)/t64-,65-,66-/m1/s1. The molecule has 2 unspecified atom stereocenters. The molecule has 0 aromatic carbocycles. The molecule has 89 heavy (non-hydrogen) atoms. The third kappa shape index (κ3) is 64.6. The van der Waals surface area contributed by atoms with Gasteiger partial charge in [-0.15, -0.1) is 0 Å². The van der Waals surface area contributed by atoms with E-state index in [0.717, 1.165) is 108 Å². The Morgan fingerprint density at radius 2 is 0.517 bits per heavy atom. The number of ether oxygens (including phenoxy) is 4. The molecule has 0 fully saturated rings. The maximum atomic E-state index is 13.0. The summed E-state index contributed by atoms with van der Waals surface area (Å²) in [6, 6.07) is 0. The van der Waals surface area contributed by atoms with Crippen LogP contribution in [0.4, 0.5) is 0 Å². The van der Waals surface area contributed by atoms with Crippen molar-refractivity contribution in [2.75, 3.05) is 39.6 Å². The lowest BCUT2D eigenvalue weighted by Gasteiger charge is -2.21. The number of aliphatic hydroxyl groups excluding tert-OH is 1. The van der Waals surface area contributed by atoms with Crippen LogP contribution in [-0.2, 0) is 65.4 Å². The van der Waals surface area contributed by atoms with Gasteiger partial charge in [-0.1, -0.05) is 299 Å². The van der Waals surface area contributed by atoms with Crippen molar-refractivity contribution in [2.45, 2.75) is 369 Å². The predicted molar refractivity (Wildman–Crippen MR) is 358 cm³/mol. The maximum Gasteiger partial charge on any atom is 0.472 e. The summed E-state index contributed by atoms with van der Waals surface area (Å²) < 4.78 is 68.2. The molecule has 0 spiro atoms. The smallest absolute Gasteiger partial charge is 0.462 e. The van der Waals surface area contributed by atoms with E-state index in [1.54, 1.807) is 0 Å². The van der Waals surface area contributed by atoms with Crippen molar-refractivity contribution >= 4 is 39.5 Å². The number of phosphoric ester groups is 2. The molecule has 0 saturated heterocycles. The molecule has 0 radical (unpaired) electrons. The van der Waals surface area contributed by atoms with Crippen molar-refractivity contribution in [2.24, 2.45) is 17.8 Å². The SMILES string of the molecule is CCCCCCCCCCC(=O)OC[C@H](COP(=O)(O)OC[C@H](O)COP(=O)(O)OC[C@@H](COC(=O)CCCCCCCCCCCCCCC(C)C)OC(=O)CCCCCCCCCCCCCCCC(C)C)OC(=O)CCCCCCCCCC(C)C. The zero-order valence-corrected chi connectivity index (χ0v) is 59.7. The molecule has 19 heteroatoms. The average Bonchev–Trinajstić information content (AvgIpc) is 3.54. The Labute approximate surface area is 543 Å². The minimum atomic E-state index is -4.95. The molecule has 0 aliphatic heterocycles. The number of carbonyl (C=O) groups is 4. The highest BCUT2D eigenvalue weighted by molar-refractivity contribution is 7.47. The van der Waals surface area contributed by atoms with Crippen LogP contribution in [0.15, 0.2) is 0 Å². The molecule has 0 bridgehead atoms. The minimum absolute atomic E-state index is 0.103. The first-order valence-electron chi connectivity index (χ1n) is 36.3. The fourth-order valence-corrected chi connectivity index (χ4v) is 12.1. The molecule has 0 heterocycles. The second-order valence-electron chi connectivity index (χ2n) is 26.7. The van der Waals surface area contributed by atoms with Crippen molar-refractivity contribution < 1.29 is 80.2 Å². The summed E-state index contributed by atoms with van der Waals surface area (Å²) in [6.45, 7) is 11.8. The van der Waals surface area contributed by atoms with Crippen LogP contribution in [0, 0.1) is 17.8 Å². The van der Waals surface area contributed by atoms with Crippen LogP contribution in [0.3, 0.4) is 0 Å². The van der Waals surface area contributed by atoms with Crippen LogP contribution in [0.1, 0.15) is 350 Å². The number of hydrogen-bond donors (Lipinski definition) is 3. The summed E-state index contributed by atoms with van der Waals surface area (Å²) in [5, 5.41) is 10.6. The quantitative estimate of drug-likeness (QED) is 0.0222. The fourth-order valence-electron chi connectivity index (χ4n) is 10.5. The second-order valence-corrected chi connectivity index (χ2v) is 29.6. The number of phosphoric acid groups is 2. The van der Waals surface area contributed by atoms with Gasteiger partial charge in [-0.25, -0.2) is 9.13 Å². The van der Waals surface area contributed by atoms with Gasteiger partial charge in [0.25, 0.3) is 0 Å². The van der Waals surface area contributed by atoms with E-state index in [1.165, 1.54) is 154 Å². The Morgan fingerprint density at radius 3 is 0.764 bits per heavy atom. The summed E-state index contributed by atoms with van der Waals surface area (Å²) in [7, 11) is -9.90. The lowest BCUT2D eigenvalue weighted by atomic mass is 10.0. The van der Waals surface area contributed by atoms with Crippen LogP contribution in [0.2, 0.25) is 0 Å². The molecule has 0 aliphatic carbocycles. The van der Waals surface area contributed by atoms with Crippen molar-refractivity contribution in [1.29, 1.82) is 0 Å². The Hall–Kier alpha value is -1.94. The molecular formula is C70H136O17P2. The highest BCUT2D eigenvalue weighted by Gasteiger charge is 2.30. The first kappa shape index (κ1) is 87.1. The van der Waals surface area contributed by atoms with Gasteiger partial charge in [-0.2, -0.15) is 0 Å². The number of aliphatic hydroxyl groups is 1. The third-order valence-corrected chi connectivity index (χ3v) is 18.0. The van der Waals surface area contributed by atoms with E-state index in [1.807, 2.05) is 0 Å². The average molecular weight is 1310 g/mol. The number of hydrogen-bond acceptors (Lipinski definition) is 15. The minimum Gasteiger partial charge on any atom is -0.462 e. The lowest BCUT2D eigenvalue weighted by Crippen LogP contribution is -2.30. The van der Waals surface area contributed by atoms with E-state index in [0.29, 0.717) is 31.6 Å². The monoisotopic (exact) mass is 1310 g/mol. The van der Waals surface area contributed by atoms with Crippen molar-refractivity contribution in [3.63, 3.8) is 0 Å². The molecular weight excluding hydrogens is 1170 g/mol. The summed E-state index contributed by atoms with van der Waals surface area (Å²) in [6.07, 6.45) is 44.6. The van der Waals surface area contributed by atoms with Gasteiger partial charge < -0.3 is 33.8 Å². The predicted octanol–water partition coefficient (Wildman–Crippen LogP) is 19.8. The van der Waals surface area contributed by atoms with E-state index >= 15 is 0 Å². The normalized spacial score (nSPS) is 14.2. The highest BCUT2D eigenvalue weighted by atomic mass is 31.2. The zero-order chi connectivity index (χ0) is 65.9. The van der Waals surface area contributed by atoms with Gasteiger partial charge in [-0.3, -0.25) is 37.3 Å². The van der Waals surface area contributed by atoms with E-state index in [9.17, 15) is 43.2 Å². The van der Waals surface area contributed by atoms with E-state index in [2.05, 4.69) is 48.5 Å². The first-order chi connectivity index (χ1) is 42.7. The number of carbonyl (C=O) groups excluding carboxylic acids is 4. The molecule has 3 N–H and O–H groups in total. The van der Waals surface area contributed by atoms with Gasteiger partial charge in [0, 0.05) is 25.7 Å². The largest absolute Gasteiger partial charge is 0.472 e. The van der Waals surface area contributed by atoms with E-state index in [4.69, 9.17) is 37.0 Å². The van der Waals surface area contributed by atoms with Crippen LogP contribution in [-0.4, -0.2) is 96.7 Å². The topological polar surface area (TPSA) is 237 Å². The van der Waals surface area contributed by atoms with Crippen LogP contribution < -0.4 is 0 Å². The Morgan fingerprint density at radius 1 is 0.303 bits per heavy atom. The van der Waals surface area contributed by atoms with E-state index < -0.39 is 97.5 Å². The van der Waals surface area contributed by atoms with Gasteiger partial charge >= 0.3 is 39.5 Å². The number of rotatable bonds is 68. The lowest BCUT2D eigenvalue weighted by molar-refractivity contribution is -0.161. The Kier molecular flexibility index (Phi) is 59.6. The van der Waals surface area contributed by atoms with Gasteiger partial charge in [0.15, 0.2) is 12.2 Å². The summed E-state index contributed by atoms with van der Waals surface area (Å²) in [5.74, 6) is 0.134. The van der Waals surface area contributed by atoms with Crippen LogP contribution >= 0.6 is 15.6 Å². The first-order valence-corrected chi connectivity index (χ1v) is 39.3. The van der Waals surface area contributed by atoms with E-state index in [-0.39, 0.29) is 25.7 Å². The maximum absolute atomic E-state index is 13.0. The summed E-state index contributed by atoms with van der Waals surface area (Å²) >= 11 is 0. The molecule has 0 aliphatic rings. The number of unbranched alkanes of at least 4 members (excludes halogenated alkanes) is 36. The van der Waals surface area contributed by atoms with Crippen molar-refractivity contribution in [3.8, 4) is 0 Å². The molecule has 528 valence electrons. The van der Waals surface area contributed by atoms with Gasteiger partial charge in [0.2, 0.25) is 0 Å². The van der Waals surface area contributed by atoms with Crippen LogP contribution in [0.5, 0.6) is 0 Å². The molecule has 0 aromatic heterocycles. The van der Waals surface area contributed by atoms with Gasteiger partial charge in [0.1, 0.15) is 19.3 Å². The molecule has 5 atom stereocenters. The number of esters is 4. The second kappa shape index (κ2) is 61.0. The third-order valence-electron chi connectivity index (χ3n) is 16.1. The van der Waals surface area contributed by atoms with Crippen LogP contribution in [0.25, 0.3) is 0 Å². The molecule has 0 amide bonds. The van der Waals surface area contributed by atoms with Gasteiger partial charge in [-0.05, 0) is 43.4 Å². The molecule has 17 nitrogen and oxygen atoms in total. The summed E-state index contributed by atoms with van der Waals surface area (Å²) in [4.78, 5) is 72.4. The van der Waals surface area contributed by atoms with Gasteiger partial charge in [0.05, 0.1) is 26.4 Å². The Bertz CT molecular complexity index is 1750. The van der Waals surface area contributed by atoms with Crippen molar-refractivity contribution in [1.82, 2.24) is 0 Å². The van der Waals surface area contributed by atoms with Crippen molar-refractivity contribution in [3.05, 3.63) is 0 Å². The fraction of sp³-hybridized carbons (Fsp3) is 0.943. The molecule has 0 saturated carbocycles. The Balaban J connectivity index is 5.22. The highest BCUT2D eigenvalue weighted by Crippen LogP contribution is 2.45. The zero-order valence-electron chi connectivity index (χ0n) is 57.9. The summed E-state index contributed by atoms with van der Waals surface area (Å²) in [5.41, 5.74) is 0. The molecule has 0 rings (SSSR count).